The highest BCUT2D eigenvalue weighted by molar-refractivity contribution is 5.87. The number of fused-ring (bicyclic) bond motifs is 1. The van der Waals surface area contributed by atoms with Crippen LogP contribution in [0.4, 0.5) is 0 Å². The van der Waals surface area contributed by atoms with Gasteiger partial charge in [0, 0.05) is 6.04 Å². The summed E-state index contributed by atoms with van der Waals surface area (Å²) in [6.07, 6.45) is 8.70. The molecular formula is C16H28N2O2. The second-order valence-corrected chi connectivity index (χ2v) is 7.05. The number of amides is 1. The molecule has 2 saturated heterocycles. The van der Waals surface area contributed by atoms with E-state index in [1.165, 1.54) is 0 Å². The molecule has 1 aliphatic carbocycles. The molecule has 0 spiro atoms. The van der Waals surface area contributed by atoms with Crippen molar-refractivity contribution in [3.8, 4) is 0 Å². The maximum Gasteiger partial charge on any atom is 0.240 e. The van der Waals surface area contributed by atoms with Gasteiger partial charge in [0.25, 0.3) is 0 Å². The molecule has 2 aliphatic heterocycles. The topological polar surface area (TPSA) is 52.6 Å². The summed E-state index contributed by atoms with van der Waals surface area (Å²) in [7, 11) is 0. The molecule has 1 saturated carbocycles. The SMILES string of the molecule is CCC1(O)CCC(NC(=O)C23CCCN2CCC3)CC1. The molecule has 0 aromatic carbocycles. The Labute approximate surface area is 121 Å². The van der Waals surface area contributed by atoms with Gasteiger partial charge in [-0.1, -0.05) is 6.92 Å². The first-order chi connectivity index (χ1) is 9.58. The molecule has 3 aliphatic rings. The lowest BCUT2D eigenvalue weighted by atomic mass is 9.80. The molecule has 20 heavy (non-hydrogen) atoms. The van der Waals surface area contributed by atoms with E-state index in [0.29, 0.717) is 0 Å². The minimum atomic E-state index is -0.480. The summed E-state index contributed by atoms with van der Waals surface area (Å²) in [6.45, 7) is 4.23. The Kier molecular flexibility index (Phi) is 3.80. The van der Waals surface area contributed by atoms with E-state index in [-0.39, 0.29) is 17.5 Å². The van der Waals surface area contributed by atoms with Gasteiger partial charge in [-0.15, -0.1) is 0 Å². The number of nitrogens with zero attached hydrogens (tertiary/aromatic N) is 1. The second-order valence-electron chi connectivity index (χ2n) is 7.05. The third-order valence-electron chi connectivity index (χ3n) is 5.97. The van der Waals surface area contributed by atoms with Gasteiger partial charge in [-0.05, 0) is 70.9 Å². The van der Waals surface area contributed by atoms with Crippen molar-refractivity contribution in [2.24, 2.45) is 0 Å². The van der Waals surface area contributed by atoms with E-state index in [9.17, 15) is 9.90 Å². The highest BCUT2D eigenvalue weighted by Crippen LogP contribution is 2.39. The van der Waals surface area contributed by atoms with Crippen LogP contribution in [0.2, 0.25) is 0 Å². The van der Waals surface area contributed by atoms with E-state index < -0.39 is 5.60 Å². The molecule has 3 rings (SSSR count). The molecule has 2 heterocycles. The Bertz CT molecular complexity index is 365. The first-order valence-corrected chi connectivity index (χ1v) is 8.36. The standard InChI is InChI=1S/C16H28N2O2/c1-2-15(20)9-5-13(6-10-15)17-14(19)16-7-3-11-18(16)12-4-8-16/h13,20H,2-12H2,1H3,(H,17,19). The number of nitrogens with one attached hydrogen (secondary N) is 1. The number of rotatable bonds is 3. The van der Waals surface area contributed by atoms with Gasteiger partial charge in [-0.25, -0.2) is 0 Å². The average molecular weight is 280 g/mol. The average Bonchev–Trinajstić information content (AvgIpc) is 3.02. The summed E-state index contributed by atoms with van der Waals surface area (Å²) >= 11 is 0. The second kappa shape index (κ2) is 5.30. The number of carbonyl (C=O) groups is 1. The van der Waals surface area contributed by atoms with Crippen LogP contribution < -0.4 is 5.32 Å². The van der Waals surface area contributed by atoms with Gasteiger partial charge in [0.2, 0.25) is 5.91 Å². The van der Waals surface area contributed by atoms with Crippen molar-refractivity contribution in [2.75, 3.05) is 13.1 Å². The summed E-state index contributed by atoms with van der Waals surface area (Å²) in [5, 5.41) is 13.6. The summed E-state index contributed by atoms with van der Waals surface area (Å²) in [4.78, 5) is 15.1. The Morgan fingerprint density at radius 2 is 1.80 bits per heavy atom. The zero-order chi connectivity index (χ0) is 14.2. The molecule has 4 nitrogen and oxygen atoms in total. The predicted octanol–water partition coefficient (Wildman–Crippen LogP) is 1.81. The summed E-state index contributed by atoms with van der Waals surface area (Å²) in [6, 6.07) is 0.270. The smallest absolute Gasteiger partial charge is 0.240 e. The fourth-order valence-electron chi connectivity index (χ4n) is 4.45. The van der Waals surface area contributed by atoms with Gasteiger partial charge < -0.3 is 10.4 Å². The van der Waals surface area contributed by atoms with Crippen molar-refractivity contribution >= 4 is 5.91 Å². The van der Waals surface area contributed by atoms with Crippen LogP contribution in [0.15, 0.2) is 0 Å². The maximum atomic E-state index is 12.7. The number of carbonyl (C=O) groups excluding carboxylic acids is 1. The first-order valence-electron chi connectivity index (χ1n) is 8.36. The monoisotopic (exact) mass is 280 g/mol. The zero-order valence-electron chi connectivity index (χ0n) is 12.7. The molecule has 0 bridgehead atoms. The van der Waals surface area contributed by atoms with Gasteiger partial charge in [-0.2, -0.15) is 0 Å². The van der Waals surface area contributed by atoms with Gasteiger partial charge in [0.15, 0.2) is 0 Å². The number of hydrogen-bond donors (Lipinski definition) is 2. The Hall–Kier alpha value is -0.610. The number of hydrogen-bond acceptors (Lipinski definition) is 3. The molecule has 2 N–H and O–H groups in total. The molecular weight excluding hydrogens is 252 g/mol. The molecule has 114 valence electrons. The van der Waals surface area contributed by atoms with Gasteiger partial charge in [-0.3, -0.25) is 9.69 Å². The van der Waals surface area contributed by atoms with Crippen LogP contribution in [0.25, 0.3) is 0 Å². The highest BCUT2D eigenvalue weighted by atomic mass is 16.3. The maximum absolute atomic E-state index is 12.7. The minimum Gasteiger partial charge on any atom is -0.390 e. The Balaban J connectivity index is 1.58. The van der Waals surface area contributed by atoms with Crippen molar-refractivity contribution in [3.05, 3.63) is 0 Å². The lowest BCUT2D eigenvalue weighted by Crippen LogP contribution is -2.55. The predicted molar refractivity (Wildman–Crippen MR) is 78.4 cm³/mol. The van der Waals surface area contributed by atoms with E-state index in [4.69, 9.17) is 0 Å². The minimum absolute atomic E-state index is 0.182. The largest absolute Gasteiger partial charge is 0.390 e. The van der Waals surface area contributed by atoms with Crippen molar-refractivity contribution in [2.45, 2.75) is 81.9 Å². The van der Waals surface area contributed by atoms with Crippen molar-refractivity contribution < 1.29 is 9.90 Å². The highest BCUT2D eigenvalue weighted by Gasteiger charge is 2.50. The van der Waals surface area contributed by atoms with Crippen LogP contribution in [0.3, 0.4) is 0 Å². The molecule has 3 fully saturated rings. The van der Waals surface area contributed by atoms with Crippen molar-refractivity contribution in [1.82, 2.24) is 10.2 Å². The normalized spacial score (nSPS) is 36.8. The quantitative estimate of drug-likeness (QED) is 0.829. The molecule has 0 aromatic heterocycles. The molecule has 1 amide bonds. The van der Waals surface area contributed by atoms with Crippen molar-refractivity contribution in [3.63, 3.8) is 0 Å². The fourth-order valence-corrected chi connectivity index (χ4v) is 4.45. The molecule has 4 heteroatoms. The molecule has 0 radical (unpaired) electrons. The van der Waals surface area contributed by atoms with Gasteiger partial charge in [0.1, 0.15) is 5.54 Å². The van der Waals surface area contributed by atoms with E-state index in [1.54, 1.807) is 0 Å². The Morgan fingerprint density at radius 3 is 2.35 bits per heavy atom. The van der Waals surface area contributed by atoms with Gasteiger partial charge >= 0.3 is 0 Å². The van der Waals surface area contributed by atoms with Crippen molar-refractivity contribution in [1.29, 1.82) is 0 Å². The lowest BCUT2D eigenvalue weighted by Gasteiger charge is -2.38. The molecule has 0 atom stereocenters. The zero-order valence-corrected chi connectivity index (χ0v) is 12.7. The number of aliphatic hydroxyl groups is 1. The third kappa shape index (κ3) is 2.37. The summed E-state index contributed by atoms with van der Waals surface area (Å²) in [5.74, 6) is 0.263. The van der Waals surface area contributed by atoms with Crippen LogP contribution in [-0.2, 0) is 4.79 Å². The first kappa shape index (κ1) is 14.3. The van der Waals surface area contributed by atoms with E-state index >= 15 is 0 Å². The summed E-state index contributed by atoms with van der Waals surface area (Å²) < 4.78 is 0. The van der Waals surface area contributed by atoms with Crippen LogP contribution in [0.1, 0.15) is 64.7 Å². The fraction of sp³-hybridized carbons (Fsp3) is 0.938. The molecule has 0 aromatic rings. The van der Waals surface area contributed by atoms with Crippen LogP contribution >= 0.6 is 0 Å². The summed E-state index contributed by atoms with van der Waals surface area (Å²) in [5.41, 5.74) is -0.662. The van der Waals surface area contributed by atoms with E-state index in [2.05, 4.69) is 10.2 Å². The Morgan fingerprint density at radius 1 is 1.20 bits per heavy atom. The van der Waals surface area contributed by atoms with Crippen LogP contribution in [0, 0.1) is 0 Å². The van der Waals surface area contributed by atoms with Crippen LogP contribution in [-0.4, -0.2) is 46.2 Å². The lowest BCUT2D eigenvalue weighted by molar-refractivity contribution is -0.132. The van der Waals surface area contributed by atoms with E-state index in [1.807, 2.05) is 6.92 Å². The van der Waals surface area contributed by atoms with E-state index in [0.717, 1.165) is 70.9 Å². The third-order valence-corrected chi connectivity index (χ3v) is 5.97. The van der Waals surface area contributed by atoms with Gasteiger partial charge in [0.05, 0.1) is 5.60 Å². The van der Waals surface area contributed by atoms with Crippen LogP contribution in [0.5, 0.6) is 0 Å². The molecule has 0 unspecified atom stereocenters.